The summed E-state index contributed by atoms with van der Waals surface area (Å²) in [7, 11) is 1.56. The molecule has 2 N–H and O–H groups in total. The molecule has 1 heterocycles. The van der Waals surface area contributed by atoms with E-state index in [-0.39, 0.29) is 34.4 Å². The number of hydrogen-bond donors (Lipinski definition) is 2. The summed E-state index contributed by atoms with van der Waals surface area (Å²) in [5, 5.41) is 18.6. The van der Waals surface area contributed by atoms with Crippen molar-refractivity contribution >= 4 is 58.2 Å². The largest absolute Gasteiger partial charge is 0.496 e. The Kier molecular flexibility index (Phi) is 9.34. The highest BCUT2D eigenvalue weighted by Crippen LogP contribution is 2.31. The molecular formula is C28H28Cl2N6O3S. The Balaban J connectivity index is 1.35. The third-order valence-electron chi connectivity index (χ3n) is 5.89. The highest BCUT2D eigenvalue weighted by atomic mass is 35.5. The molecule has 0 atom stereocenters. The first-order chi connectivity index (χ1) is 19.0. The lowest BCUT2D eigenvalue weighted by Crippen LogP contribution is -2.16. The SMILES string of the molecule is COc1ccccc1CC(=O)Nc1ccc(NC(=O)CSc2nnnn2-c2ccc(C(C)(C)C)cc2Cl)c(Cl)c1. The van der Waals surface area contributed by atoms with Gasteiger partial charge in [0.15, 0.2) is 0 Å². The Bertz CT molecular complexity index is 1540. The van der Waals surface area contributed by atoms with E-state index in [1.165, 1.54) is 4.68 Å². The minimum absolute atomic E-state index is 0.0335. The average Bonchev–Trinajstić information content (AvgIpc) is 3.37. The fraction of sp³-hybridized carbons (Fsp3) is 0.250. The van der Waals surface area contributed by atoms with Crippen LogP contribution in [0.25, 0.3) is 5.69 Å². The Morgan fingerprint density at radius 1 is 0.975 bits per heavy atom. The van der Waals surface area contributed by atoms with E-state index in [9.17, 15) is 9.59 Å². The third kappa shape index (κ3) is 7.32. The minimum atomic E-state index is -0.302. The molecule has 9 nitrogen and oxygen atoms in total. The lowest BCUT2D eigenvalue weighted by Gasteiger charge is -2.20. The normalized spacial score (nSPS) is 11.2. The summed E-state index contributed by atoms with van der Waals surface area (Å²) in [6, 6.07) is 17.9. The van der Waals surface area contributed by atoms with Gasteiger partial charge < -0.3 is 15.4 Å². The number of hydrogen-bond acceptors (Lipinski definition) is 7. The molecule has 0 fully saturated rings. The molecule has 208 valence electrons. The Morgan fingerprint density at radius 2 is 1.75 bits per heavy atom. The van der Waals surface area contributed by atoms with Gasteiger partial charge in [0.25, 0.3) is 0 Å². The van der Waals surface area contributed by atoms with Crippen LogP contribution in [0.4, 0.5) is 11.4 Å². The van der Waals surface area contributed by atoms with Crippen molar-refractivity contribution in [3.63, 3.8) is 0 Å². The van der Waals surface area contributed by atoms with Gasteiger partial charge in [-0.25, -0.2) is 0 Å². The molecule has 0 saturated heterocycles. The van der Waals surface area contributed by atoms with Gasteiger partial charge in [-0.3, -0.25) is 9.59 Å². The second-order valence-corrected chi connectivity index (χ2v) is 11.6. The molecule has 3 aromatic carbocycles. The molecule has 0 spiro atoms. The number of aromatic nitrogens is 4. The van der Waals surface area contributed by atoms with Gasteiger partial charge in [-0.2, -0.15) is 4.68 Å². The molecule has 12 heteroatoms. The van der Waals surface area contributed by atoms with Crippen molar-refractivity contribution in [3.05, 3.63) is 81.8 Å². The van der Waals surface area contributed by atoms with Crippen LogP contribution in [-0.2, 0) is 21.4 Å². The number of carbonyl (C=O) groups is 2. The molecule has 0 bridgehead atoms. The Labute approximate surface area is 246 Å². The van der Waals surface area contributed by atoms with Crippen molar-refractivity contribution in [1.82, 2.24) is 20.2 Å². The Morgan fingerprint density at radius 3 is 2.45 bits per heavy atom. The van der Waals surface area contributed by atoms with Gasteiger partial charge in [-0.15, -0.1) is 5.10 Å². The number of anilines is 2. The van der Waals surface area contributed by atoms with E-state index in [1.54, 1.807) is 31.4 Å². The highest BCUT2D eigenvalue weighted by Gasteiger charge is 2.19. The molecule has 2 amide bonds. The van der Waals surface area contributed by atoms with Crippen molar-refractivity contribution in [1.29, 1.82) is 0 Å². The molecule has 1 aromatic heterocycles. The van der Waals surface area contributed by atoms with E-state index in [1.807, 2.05) is 36.4 Å². The number of ether oxygens (including phenoxy) is 1. The van der Waals surface area contributed by atoms with Crippen LogP contribution in [0.15, 0.2) is 65.8 Å². The van der Waals surface area contributed by atoms with Crippen LogP contribution in [0.2, 0.25) is 10.0 Å². The van der Waals surface area contributed by atoms with Crippen molar-refractivity contribution < 1.29 is 14.3 Å². The van der Waals surface area contributed by atoms with E-state index in [4.69, 9.17) is 27.9 Å². The van der Waals surface area contributed by atoms with Gasteiger partial charge in [0.1, 0.15) is 5.75 Å². The Hall–Kier alpha value is -3.60. The van der Waals surface area contributed by atoms with Crippen LogP contribution in [0, 0.1) is 0 Å². The summed E-state index contributed by atoms with van der Waals surface area (Å²) in [6.45, 7) is 6.32. The maximum absolute atomic E-state index is 12.7. The molecule has 4 rings (SSSR count). The molecule has 0 saturated carbocycles. The predicted molar refractivity (Wildman–Crippen MR) is 159 cm³/mol. The highest BCUT2D eigenvalue weighted by molar-refractivity contribution is 7.99. The maximum atomic E-state index is 12.7. The summed E-state index contributed by atoms with van der Waals surface area (Å²) < 4.78 is 6.80. The molecule has 0 aliphatic carbocycles. The number of rotatable bonds is 9. The minimum Gasteiger partial charge on any atom is -0.496 e. The van der Waals surface area contributed by atoms with Crippen molar-refractivity contribution in [2.24, 2.45) is 0 Å². The number of nitrogens with zero attached hydrogens (tertiary/aromatic N) is 4. The summed E-state index contributed by atoms with van der Waals surface area (Å²) >= 11 is 14.1. The van der Waals surface area contributed by atoms with E-state index >= 15 is 0 Å². The van der Waals surface area contributed by atoms with Crippen LogP contribution in [0.1, 0.15) is 31.9 Å². The molecule has 0 radical (unpaired) electrons. The molecular weight excluding hydrogens is 571 g/mol. The quantitative estimate of drug-likeness (QED) is 0.221. The van der Waals surface area contributed by atoms with Gasteiger partial charge >= 0.3 is 0 Å². The van der Waals surface area contributed by atoms with Crippen LogP contribution < -0.4 is 15.4 Å². The van der Waals surface area contributed by atoms with E-state index in [2.05, 4.69) is 46.9 Å². The van der Waals surface area contributed by atoms with E-state index in [0.29, 0.717) is 33.0 Å². The summed E-state index contributed by atoms with van der Waals surface area (Å²) in [5.41, 5.74) is 3.34. The second kappa shape index (κ2) is 12.7. The number of tetrazole rings is 1. The monoisotopic (exact) mass is 598 g/mol. The fourth-order valence-electron chi connectivity index (χ4n) is 3.80. The van der Waals surface area contributed by atoms with E-state index < -0.39 is 0 Å². The number of halogens is 2. The van der Waals surface area contributed by atoms with Gasteiger partial charge in [-0.05, 0) is 57.8 Å². The number of amides is 2. The topological polar surface area (TPSA) is 111 Å². The zero-order valence-corrected chi connectivity index (χ0v) is 24.7. The lowest BCUT2D eigenvalue weighted by molar-refractivity contribution is -0.116. The van der Waals surface area contributed by atoms with Crippen LogP contribution in [0.3, 0.4) is 0 Å². The number of benzene rings is 3. The summed E-state index contributed by atoms with van der Waals surface area (Å²) in [4.78, 5) is 25.2. The van der Waals surface area contributed by atoms with E-state index in [0.717, 1.165) is 22.9 Å². The van der Waals surface area contributed by atoms with Crippen LogP contribution >= 0.6 is 35.0 Å². The number of para-hydroxylation sites is 1. The van der Waals surface area contributed by atoms with Crippen LogP contribution in [0.5, 0.6) is 5.75 Å². The van der Waals surface area contributed by atoms with Crippen molar-refractivity contribution in [2.45, 2.75) is 37.8 Å². The zero-order chi connectivity index (χ0) is 28.9. The van der Waals surface area contributed by atoms with Gasteiger partial charge in [-0.1, -0.05) is 80.0 Å². The van der Waals surface area contributed by atoms with Crippen molar-refractivity contribution in [3.8, 4) is 11.4 Å². The molecule has 0 aliphatic heterocycles. The fourth-order valence-corrected chi connectivity index (χ4v) is 4.98. The molecule has 0 aliphatic rings. The first-order valence-electron chi connectivity index (χ1n) is 12.3. The molecule has 0 unspecified atom stereocenters. The first-order valence-corrected chi connectivity index (χ1v) is 14.0. The van der Waals surface area contributed by atoms with Gasteiger partial charge in [0.2, 0.25) is 17.0 Å². The summed E-state index contributed by atoms with van der Waals surface area (Å²) in [6.07, 6.45) is 0.142. The first kappa shape index (κ1) is 29.4. The summed E-state index contributed by atoms with van der Waals surface area (Å²) in [5.74, 6) is 0.150. The molecule has 40 heavy (non-hydrogen) atoms. The number of methoxy groups -OCH3 is 1. The van der Waals surface area contributed by atoms with Gasteiger partial charge in [0.05, 0.1) is 40.7 Å². The number of nitrogens with one attached hydrogen (secondary N) is 2. The van der Waals surface area contributed by atoms with Crippen molar-refractivity contribution in [2.75, 3.05) is 23.5 Å². The number of carbonyl (C=O) groups excluding carboxylic acids is 2. The predicted octanol–water partition coefficient (Wildman–Crippen LogP) is 6.19. The zero-order valence-electron chi connectivity index (χ0n) is 22.4. The standard InChI is InChI=1S/C28H28Cl2N6O3S/c1-28(2,3)18-9-12-23(21(30)14-18)36-27(33-34-35-36)40-16-26(38)32-22-11-10-19(15-20(22)29)31-25(37)13-17-7-5-6-8-24(17)39-4/h5-12,14-15H,13,16H2,1-4H3,(H,31,37)(H,32,38). The van der Waals surface area contributed by atoms with Crippen LogP contribution in [-0.4, -0.2) is 44.9 Å². The number of thioether (sulfide) groups is 1. The molecule has 4 aromatic rings. The third-order valence-corrected chi connectivity index (χ3v) is 7.42. The average molecular weight is 600 g/mol. The smallest absolute Gasteiger partial charge is 0.234 e. The lowest BCUT2D eigenvalue weighted by atomic mass is 9.87. The van der Waals surface area contributed by atoms with Gasteiger partial charge in [0, 0.05) is 11.3 Å². The maximum Gasteiger partial charge on any atom is 0.234 e. The second-order valence-electron chi connectivity index (χ2n) is 9.86.